The summed E-state index contributed by atoms with van der Waals surface area (Å²) in [7, 11) is 0. The van der Waals surface area contributed by atoms with Crippen molar-refractivity contribution in [3.63, 3.8) is 0 Å². The zero-order chi connectivity index (χ0) is 26.1. The molecule has 3 aromatic rings. The van der Waals surface area contributed by atoms with Crippen LogP contribution in [0, 0.1) is 5.82 Å². The molecule has 1 saturated heterocycles. The van der Waals surface area contributed by atoms with Crippen molar-refractivity contribution in [3.8, 4) is 0 Å². The fourth-order valence-corrected chi connectivity index (χ4v) is 3.57. The van der Waals surface area contributed by atoms with Crippen molar-refractivity contribution in [2.24, 2.45) is 10.2 Å². The first-order valence-electron chi connectivity index (χ1n) is 11.7. The Hall–Kier alpha value is -3.71. The summed E-state index contributed by atoms with van der Waals surface area (Å²) in [4.78, 5) is 14.4. The number of nitrogens with one attached hydrogen (secondary N) is 2. The van der Waals surface area contributed by atoms with Crippen LogP contribution in [0.5, 0.6) is 0 Å². The van der Waals surface area contributed by atoms with Crippen LogP contribution in [0.15, 0.2) is 59.0 Å². The molecule has 3 heterocycles. The Morgan fingerprint density at radius 3 is 2.62 bits per heavy atom. The van der Waals surface area contributed by atoms with Crippen LogP contribution >= 0.6 is 0 Å². The number of pyridine rings is 1. The molecule has 0 unspecified atom stereocenters. The number of ether oxygens (including phenoxy) is 1. The maximum atomic E-state index is 14.1. The van der Waals surface area contributed by atoms with Crippen molar-refractivity contribution < 1.29 is 22.3 Å². The highest BCUT2D eigenvalue weighted by atomic mass is 19.4. The van der Waals surface area contributed by atoms with Crippen molar-refractivity contribution in [2.75, 3.05) is 50.0 Å². The van der Waals surface area contributed by atoms with Gasteiger partial charge in [-0.15, -0.1) is 5.11 Å². The maximum absolute atomic E-state index is 14.1. The number of hydrogen-bond acceptors (Lipinski definition) is 9. The minimum absolute atomic E-state index is 0.0138. The van der Waals surface area contributed by atoms with Crippen LogP contribution in [-0.4, -0.2) is 59.2 Å². The molecule has 4 rings (SSSR count). The Bertz CT molecular complexity index is 1180. The molecule has 1 fully saturated rings. The molecule has 196 valence electrons. The van der Waals surface area contributed by atoms with Gasteiger partial charge in [0, 0.05) is 25.3 Å². The smallest absolute Gasteiger partial charge is 0.379 e. The molecule has 0 radical (unpaired) electrons. The Kier molecular flexibility index (Phi) is 8.90. The van der Waals surface area contributed by atoms with Gasteiger partial charge in [0.1, 0.15) is 6.54 Å². The molecule has 13 heteroatoms. The van der Waals surface area contributed by atoms with Crippen LogP contribution < -0.4 is 10.6 Å². The van der Waals surface area contributed by atoms with Gasteiger partial charge in [0.25, 0.3) is 5.95 Å². The first-order valence-corrected chi connectivity index (χ1v) is 11.7. The van der Waals surface area contributed by atoms with E-state index in [0.717, 1.165) is 57.6 Å². The van der Waals surface area contributed by atoms with Crippen molar-refractivity contribution in [1.29, 1.82) is 0 Å². The zero-order valence-electron chi connectivity index (χ0n) is 19.9. The van der Waals surface area contributed by atoms with Gasteiger partial charge in [0.2, 0.25) is 0 Å². The van der Waals surface area contributed by atoms with Gasteiger partial charge in [0.05, 0.1) is 42.6 Å². The van der Waals surface area contributed by atoms with Crippen molar-refractivity contribution in [1.82, 2.24) is 19.9 Å². The van der Waals surface area contributed by atoms with E-state index >= 15 is 0 Å². The van der Waals surface area contributed by atoms with Gasteiger partial charge in [0.15, 0.2) is 11.6 Å². The quantitative estimate of drug-likeness (QED) is 0.216. The molecule has 0 saturated carbocycles. The summed E-state index contributed by atoms with van der Waals surface area (Å²) in [5.41, 5.74) is 0.646. The largest absolute Gasteiger partial charge is 0.416 e. The van der Waals surface area contributed by atoms with E-state index in [0.29, 0.717) is 23.6 Å². The lowest BCUT2D eigenvalue weighted by Gasteiger charge is -2.26. The number of benzene rings is 1. The number of halogens is 4. The fraction of sp³-hybridized carbons (Fsp3) is 0.375. The number of rotatable bonds is 10. The van der Waals surface area contributed by atoms with Crippen molar-refractivity contribution in [2.45, 2.75) is 19.1 Å². The summed E-state index contributed by atoms with van der Waals surface area (Å²) < 4.78 is 58.0. The van der Waals surface area contributed by atoms with Crippen LogP contribution in [0.3, 0.4) is 0 Å². The van der Waals surface area contributed by atoms with Gasteiger partial charge in [-0.2, -0.15) is 23.3 Å². The first kappa shape index (κ1) is 26.4. The van der Waals surface area contributed by atoms with E-state index in [2.05, 4.69) is 40.7 Å². The Morgan fingerprint density at radius 2 is 1.86 bits per heavy atom. The van der Waals surface area contributed by atoms with E-state index in [9.17, 15) is 17.6 Å². The topological polar surface area (TPSA) is 99.9 Å². The van der Waals surface area contributed by atoms with Crippen molar-refractivity contribution >= 4 is 23.1 Å². The summed E-state index contributed by atoms with van der Waals surface area (Å²) in [6.45, 7) is 4.82. The van der Waals surface area contributed by atoms with Gasteiger partial charge >= 0.3 is 6.18 Å². The lowest BCUT2D eigenvalue weighted by molar-refractivity contribution is -0.137. The zero-order valence-corrected chi connectivity index (χ0v) is 19.9. The molecule has 37 heavy (non-hydrogen) atoms. The highest BCUT2D eigenvalue weighted by Crippen LogP contribution is 2.31. The molecule has 0 bridgehead atoms. The number of alkyl halides is 3. The third-order valence-electron chi connectivity index (χ3n) is 5.47. The van der Waals surface area contributed by atoms with Crippen LogP contribution in [0.4, 0.5) is 40.7 Å². The summed E-state index contributed by atoms with van der Waals surface area (Å²) in [5, 5.41) is 13.8. The Balaban J connectivity index is 1.26. The first-order chi connectivity index (χ1) is 17.9. The van der Waals surface area contributed by atoms with E-state index in [-0.39, 0.29) is 18.3 Å². The number of hydrogen-bond donors (Lipinski definition) is 2. The van der Waals surface area contributed by atoms with Gasteiger partial charge in [-0.25, -0.2) is 9.37 Å². The second kappa shape index (κ2) is 12.5. The van der Waals surface area contributed by atoms with E-state index in [4.69, 9.17) is 4.74 Å². The van der Waals surface area contributed by atoms with Gasteiger partial charge < -0.3 is 15.4 Å². The number of azo groups is 1. The lowest BCUT2D eigenvalue weighted by atomic mass is 10.2. The third kappa shape index (κ3) is 8.15. The number of anilines is 3. The third-order valence-corrected chi connectivity index (χ3v) is 5.47. The molecule has 1 aliphatic rings. The van der Waals surface area contributed by atoms with Gasteiger partial charge in [-0.05, 0) is 43.3 Å². The highest BCUT2D eigenvalue weighted by molar-refractivity contribution is 5.59. The molecule has 0 atom stereocenters. The fourth-order valence-electron chi connectivity index (χ4n) is 3.57. The molecule has 0 spiro atoms. The highest BCUT2D eigenvalue weighted by Gasteiger charge is 2.30. The molecular formula is C24H26F4N8O. The monoisotopic (exact) mass is 518 g/mol. The molecule has 2 N–H and O–H groups in total. The minimum atomic E-state index is -4.42. The number of morpholine rings is 1. The Morgan fingerprint density at radius 1 is 1.03 bits per heavy atom. The van der Waals surface area contributed by atoms with Gasteiger partial charge in [-0.3, -0.25) is 9.88 Å². The SMILES string of the molecule is Fc1cnc(N=NCc2ccc(Nc3cccc(C(F)(F)F)c3)cn2)nc1NCCCN1CCOCC1. The van der Waals surface area contributed by atoms with Crippen LogP contribution in [0.25, 0.3) is 0 Å². The van der Waals surface area contributed by atoms with Crippen LogP contribution in [0.2, 0.25) is 0 Å². The van der Waals surface area contributed by atoms with Crippen molar-refractivity contribution in [3.05, 3.63) is 65.9 Å². The van der Waals surface area contributed by atoms with E-state index in [1.54, 1.807) is 12.1 Å². The van der Waals surface area contributed by atoms with E-state index in [1.807, 2.05) is 0 Å². The second-order valence-electron chi connectivity index (χ2n) is 8.24. The summed E-state index contributed by atoms with van der Waals surface area (Å²) in [6.07, 6.45) is -1.07. The number of aromatic nitrogens is 3. The predicted molar refractivity (Wildman–Crippen MR) is 130 cm³/mol. The summed E-state index contributed by atoms with van der Waals surface area (Å²) in [5.74, 6) is -0.496. The normalized spacial score (nSPS) is 14.7. The molecule has 2 aromatic heterocycles. The number of nitrogens with zero attached hydrogens (tertiary/aromatic N) is 6. The predicted octanol–water partition coefficient (Wildman–Crippen LogP) is 5.19. The molecule has 1 aromatic carbocycles. The standard InChI is InChI=1S/C24H26F4N8O/c25-21-16-31-23(34-22(21)29-7-2-8-36-9-11-37-12-10-36)35-32-15-19-5-6-20(14-30-19)33-18-4-1-3-17(13-18)24(26,27)28/h1,3-6,13-14,16,33H,2,7-12,15H2,(H,29,31,34). The van der Waals surface area contributed by atoms with E-state index < -0.39 is 17.6 Å². The van der Waals surface area contributed by atoms with Gasteiger partial charge in [-0.1, -0.05) is 6.07 Å². The molecule has 0 amide bonds. The molecule has 0 aliphatic carbocycles. The molecule has 9 nitrogen and oxygen atoms in total. The Labute approximate surface area is 211 Å². The summed E-state index contributed by atoms with van der Waals surface area (Å²) >= 11 is 0. The summed E-state index contributed by atoms with van der Waals surface area (Å²) in [6, 6.07) is 8.24. The van der Waals surface area contributed by atoms with Crippen LogP contribution in [0.1, 0.15) is 17.7 Å². The molecule has 1 aliphatic heterocycles. The maximum Gasteiger partial charge on any atom is 0.416 e. The minimum Gasteiger partial charge on any atom is -0.379 e. The average Bonchev–Trinajstić information content (AvgIpc) is 2.89. The van der Waals surface area contributed by atoms with E-state index in [1.165, 1.54) is 18.3 Å². The van der Waals surface area contributed by atoms with Crippen LogP contribution in [-0.2, 0) is 17.5 Å². The second-order valence-corrected chi connectivity index (χ2v) is 8.24. The average molecular weight is 519 g/mol. The molecular weight excluding hydrogens is 492 g/mol. The lowest BCUT2D eigenvalue weighted by Crippen LogP contribution is -2.37.